The highest BCUT2D eigenvalue weighted by atomic mass is 16.3. The van der Waals surface area contributed by atoms with Gasteiger partial charge in [0.15, 0.2) is 0 Å². The minimum atomic E-state index is -0.458. The second-order valence-electron chi connectivity index (χ2n) is 6.91. The first-order valence-corrected chi connectivity index (χ1v) is 8.96. The summed E-state index contributed by atoms with van der Waals surface area (Å²) in [6.45, 7) is 6.71. The van der Waals surface area contributed by atoms with Crippen LogP contribution in [0.25, 0.3) is 0 Å². The van der Waals surface area contributed by atoms with E-state index < -0.39 is 12.2 Å². The summed E-state index contributed by atoms with van der Waals surface area (Å²) in [6, 6.07) is 12.0. The summed E-state index contributed by atoms with van der Waals surface area (Å²) in [6.07, 6.45) is 2.72. The second-order valence-corrected chi connectivity index (χ2v) is 6.91. The number of β-amino-alcohol motifs (C(OH)–C–C–N with tert-alkyl or cyclic N) is 2. The van der Waals surface area contributed by atoms with Crippen LogP contribution in [0.1, 0.15) is 18.6 Å². The Labute approximate surface area is 149 Å². The van der Waals surface area contributed by atoms with Gasteiger partial charge in [0.05, 0.1) is 18.8 Å². The van der Waals surface area contributed by atoms with E-state index in [2.05, 4.69) is 21.8 Å². The first kappa shape index (κ1) is 18.1. The predicted molar refractivity (Wildman–Crippen MR) is 97.1 cm³/mol. The van der Waals surface area contributed by atoms with Crippen molar-refractivity contribution in [2.24, 2.45) is 0 Å². The Morgan fingerprint density at radius 1 is 1.08 bits per heavy atom. The Bertz CT molecular complexity index is 620. The number of hydrogen-bond donors (Lipinski definition) is 2. The van der Waals surface area contributed by atoms with E-state index in [-0.39, 0.29) is 0 Å². The number of nitrogens with zero attached hydrogens (tertiary/aromatic N) is 4. The van der Waals surface area contributed by atoms with Crippen LogP contribution in [-0.4, -0.2) is 74.7 Å². The number of benzene rings is 1. The molecule has 0 amide bonds. The van der Waals surface area contributed by atoms with Crippen molar-refractivity contribution in [2.45, 2.75) is 31.7 Å². The number of piperazine rings is 1. The third kappa shape index (κ3) is 5.12. The van der Waals surface area contributed by atoms with Crippen molar-refractivity contribution in [3.63, 3.8) is 0 Å². The number of aliphatic hydroxyl groups is 2. The van der Waals surface area contributed by atoms with Gasteiger partial charge >= 0.3 is 0 Å². The molecule has 1 aliphatic rings. The maximum Gasteiger partial charge on any atom is 0.0917 e. The molecule has 6 heteroatoms. The van der Waals surface area contributed by atoms with Crippen LogP contribution in [0.15, 0.2) is 48.8 Å². The Morgan fingerprint density at radius 2 is 1.88 bits per heavy atom. The largest absolute Gasteiger partial charge is 0.390 e. The molecule has 0 radical (unpaired) electrons. The molecule has 1 aromatic carbocycles. The molecular formula is C19H28N4O2. The molecule has 0 spiro atoms. The summed E-state index contributed by atoms with van der Waals surface area (Å²) in [5.41, 5.74) is 0.965. The minimum Gasteiger partial charge on any atom is -0.390 e. The number of rotatable bonds is 7. The lowest BCUT2D eigenvalue weighted by Crippen LogP contribution is -2.54. The summed E-state index contributed by atoms with van der Waals surface area (Å²) in [5.74, 6) is 0. The minimum absolute atomic E-state index is 0.351. The van der Waals surface area contributed by atoms with Gasteiger partial charge in [-0.2, -0.15) is 5.10 Å². The molecule has 0 bridgehead atoms. The first-order valence-electron chi connectivity index (χ1n) is 8.96. The van der Waals surface area contributed by atoms with Gasteiger partial charge in [-0.15, -0.1) is 0 Å². The highest BCUT2D eigenvalue weighted by Crippen LogP contribution is 2.18. The van der Waals surface area contributed by atoms with E-state index in [4.69, 9.17) is 0 Å². The molecule has 2 N–H and O–H groups in total. The Hall–Kier alpha value is -1.73. The van der Waals surface area contributed by atoms with Gasteiger partial charge in [-0.1, -0.05) is 30.3 Å². The summed E-state index contributed by atoms with van der Waals surface area (Å²) >= 11 is 0. The number of aliphatic hydroxyl groups excluding tert-OH is 2. The van der Waals surface area contributed by atoms with Crippen molar-refractivity contribution < 1.29 is 10.2 Å². The van der Waals surface area contributed by atoms with Crippen LogP contribution in [-0.2, 0) is 6.54 Å². The average Bonchev–Trinajstić information content (AvgIpc) is 3.11. The van der Waals surface area contributed by atoms with Gasteiger partial charge in [0.25, 0.3) is 0 Å². The van der Waals surface area contributed by atoms with Crippen molar-refractivity contribution in [3.8, 4) is 0 Å². The maximum atomic E-state index is 10.4. The van der Waals surface area contributed by atoms with E-state index in [1.54, 1.807) is 10.9 Å². The fraction of sp³-hybridized carbons (Fsp3) is 0.526. The van der Waals surface area contributed by atoms with Crippen LogP contribution >= 0.6 is 0 Å². The highest BCUT2D eigenvalue weighted by Gasteiger charge is 2.26. The molecule has 0 saturated carbocycles. The molecule has 136 valence electrons. The van der Waals surface area contributed by atoms with Crippen molar-refractivity contribution in [2.75, 3.05) is 32.7 Å². The van der Waals surface area contributed by atoms with Gasteiger partial charge in [0.2, 0.25) is 0 Å². The average molecular weight is 344 g/mol. The first-order chi connectivity index (χ1) is 12.1. The van der Waals surface area contributed by atoms with Gasteiger partial charge in [0, 0.05) is 51.2 Å². The Kier molecular flexibility index (Phi) is 6.20. The lowest BCUT2D eigenvalue weighted by atomic mass is 10.1. The smallest absolute Gasteiger partial charge is 0.0917 e. The molecule has 2 heterocycles. The van der Waals surface area contributed by atoms with Crippen LogP contribution in [0.3, 0.4) is 0 Å². The summed E-state index contributed by atoms with van der Waals surface area (Å²) in [4.78, 5) is 4.62. The molecule has 1 fully saturated rings. The van der Waals surface area contributed by atoms with Crippen molar-refractivity contribution >= 4 is 0 Å². The maximum absolute atomic E-state index is 10.4. The highest BCUT2D eigenvalue weighted by molar-refractivity contribution is 5.17. The fourth-order valence-corrected chi connectivity index (χ4v) is 3.49. The molecule has 2 aromatic rings. The summed E-state index contributed by atoms with van der Waals surface area (Å²) in [7, 11) is 0. The lowest BCUT2D eigenvalue weighted by Gasteiger charge is -2.41. The molecule has 25 heavy (non-hydrogen) atoms. The van der Waals surface area contributed by atoms with E-state index >= 15 is 0 Å². The lowest BCUT2D eigenvalue weighted by molar-refractivity contribution is 0.0167. The number of hydrogen-bond acceptors (Lipinski definition) is 5. The van der Waals surface area contributed by atoms with Crippen LogP contribution in [0.4, 0.5) is 0 Å². The van der Waals surface area contributed by atoms with E-state index in [0.717, 1.165) is 25.2 Å². The zero-order valence-electron chi connectivity index (χ0n) is 14.8. The van der Waals surface area contributed by atoms with Crippen LogP contribution in [0.5, 0.6) is 0 Å². The monoisotopic (exact) mass is 344 g/mol. The third-order valence-electron chi connectivity index (χ3n) is 4.87. The van der Waals surface area contributed by atoms with Crippen molar-refractivity contribution in [3.05, 3.63) is 54.4 Å². The fourth-order valence-electron chi connectivity index (χ4n) is 3.49. The number of aromatic nitrogens is 2. The predicted octanol–water partition coefficient (Wildman–Crippen LogP) is 0.984. The van der Waals surface area contributed by atoms with Gasteiger partial charge in [-0.05, 0) is 18.6 Å². The summed E-state index contributed by atoms with van der Waals surface area (Å²) in [5, 5.41) is 24.8. The molecule has 6 nitrogen and oxygen atoms in total. The van der Waals surface area contributed by atoms with Gasteiger partial charge in [-0.3, -0.25) is 14.5 Å². The van der Waals surface area contributed by atoms with E-state index in [1.165, 1.54) is 0 Å². The topological polar surface area (TPSA) is 64.8 Å². The standard InChI is InChI=1S/C19H28N4O2/c1-16-12-21(13-18(24)14-23-9-5-8-20-23)10-11-22(16)15-19(25)17-6-3-2-4-7-17/h2-9,16,18-19,24-25H,10-15H2,1H3/t16-,18-,19+/m1/s1. The molecule has 1 aliphatic heterocycles. The second kappa shape index (κ2) is 8.58. The van der Waals surface area contributed by atoms with Gasteiger partial charge in [-0.25, -0.2) is 0 Å². The van der Waals surface area contributed by atoms with Crippen molar-refractivity contribution in [1.82, 2.24) is 19.6 Å². The van der Waals surface area contributed by atoms with E-state index in [1.807, 2.05) is 42.6 Å². The third-order valence-corrected chi connectivity index (χ3v) is 4.87. The Balaban J connectivity index is 1.45. The van der Waals surface area contributed by atoms with E-state index in [9.17, 15) is 10.2 Å². The Morgan fingerprint density at radius 3 is 2.56 bits per heavy atom. The van der Waals surface area contributed by atoms with Crippen LogP contribution in [0.2, 0.25) is 0 Å². The quantitative estimate of drug-likeness (QED) is 0.784. The molecule has 1 aromatic heterocycles. The molecule has 3 atom stereocenters. The van der Waals surface area contributed by atoms with Crippen molar-refractivity contribution in [1.29, 1.82) is 0 Å². The molecular weight excluding hydrogens is 316 g/mol. The molecule has 0 unspecified atom stereocenters. The SMILES string of the molecule is C[C@@H]1CN(C[C@@H](O)Cn2cccn2)CCN1C[C@H](O)c1ccccc1. The van der Waals surface area contributed by atoms with Gasteiger partial charge < -0.3 is 10.2 Å². The van der Waals surface area contributed by atoms with Gasteiger partial charge in [0.1, 0.15) is 0 Å². The molecule has 0 aliphatic carbocycles. The molecule has 1 saturated heterocycles. The zero-order chi connectivity index (χ0) is 17.6. The van der Waals surface area contributed by atoms with E-state index in [0.29, 0.717) is 25.7 Å². The van der Waals surface area contributed by atoms with Crippen LogP contribution < -0.4 is 0 Å². The normalized spacial score (nSPS) is 22.0. The van der Waals surface area contributed by atoms with Crippen LogP contribution in [0, 0.1) is 0 Å². The zero-order valence-corrected chi connectivity index (χ0v) is 14.8. The summed E-state index contributed by atoms with van der Waals surface area (Å²) < 4.78 is 1.76. The molecule has 3 rings (SSSR count).